The van der Waals surface area contributed by atoms with Crippen molar-refractivity contribution in [3.63, 3.8) is 0 Å². The van der Waals surface area contributed by atoms with Gasteiger partial charge in [0.2, 0.25) is 0 Å². The summed E-state index contributed by atoms with van der Waals surface area (Å²) in [5, 5.41) is 6.23. The largest absolute Gasteiger partial charge is 0.384 e. The van der Waals surface area contributed by atoms with E-state index >= 15 is 0 Å². The third-order valence-corrected chi connectivity index (χ3v) is 3.64. The lowest BCUT2D eigenvalue weighted by Crippen LogP contribution is -2.25. The van der Waals surface area contributed by atoms with Crippen molar-refractivity contribution in [2.24, 2.45) is 0 Å². The van der Waals surface area contributed by atoms with E-state index in [2.05, 4.69) is 28.8 Å². The molecular weight excluding hydrogens is 270 g/mol. The van der Waals surface area contributed by atoms with Crippen LogP contribution in [0.1, 0.15) is 43.0 Å². The number of pyridine rings is 1. The maximum absolute atomic E-state index is 12.1. The molecule has 2 N–H and O–H groups in total. The summed E-state index contributed by atoms with van der Waals surface area (Å²) in [6, 6.07) is 1.85. The lowest BCUT2D eigenvalue weighted by Gasteiger charge is -2.11. The second kappa shape index (κ2) is 10.5. The molecule has 1 aromatic rings. The number of carbonyl (C=O) groups is 1. The molecule has 0 radical (unpaired) electrons. The number of thioether (sulfide) groups is 1. The summed E-state index contributed by atoms with van der Waals surface area (Å²) >= 11 is 1.87. The van der Waals surface area contributed by atoms with E-state index in [1.165, 1.54) is 12.2 Å². The molecule has 20 heavy (non-hydrogen) atoms. The van der Waals surface area contributed by atoms with Crippen molar-refractivity contribution in [1.82, 2.24) is 10.3 Å². The molecule has 0 spiro atoms. The van der Waals surface area contributed by atoms with Gasteiger partial charge in [-0.15, -0.1) is 0 Å². The van der Waals surface area contributed by atoms with Crippen molar-refractivity contribution < 1.29 is 4.79 Å². The van der Waals surface area contributed by atoms with Crippen LogP contribution in [0.4, 0.5) is 5.69 Å². The van der Waals surface area contributed by atoms with E-state index < -0.39 is 0 Å². The molecule has 1 aromatic heterocycles. The summed E-state index contributed by atoms with van der Waals surface area (Å²) in [4.78, 5) is 16.2. The molecule has 0 unspecified atom stereocenters. The third-order valence-electron chi connectivity index (χ3n) is 2.94. The maximum atomic E-state index is 12.1. The first kappa shape index (κ1) is 16.8. The topological polar surface area (TPSA) is 54.0 Å². The Morgan fingerprint density at radius 1 is 1.30 bits per heavy atom. The second-order valence-electron chi connectivity index (χ2n) is 4.66. The fourth-order valence-corrected chi connectivity index (χ4v) is 2.33. The maximum Gasteiger partial charge on any atom is 0.254 e. The molecule has 5 heteroatoms. The molecule has 1 amide bonds. The molecule has 0 saturated heterocycles. The van der Waals surface area contributed by atoms with Gasteiger partial charge in [-0.2, -0.15) is 11.8 Å². The van der Waals surface area contributed by atoms with Gasteiger partial charge in [0.05, 0.1) is 11.3 Å². The number of hydrogen-bond donors (Lipinski definition) is 2. The molecule has 0 saturated carbocycles. The summed E-state index contributed by atoms with van der Waals surface area (Å²) < 4.78 is 0. The fraction of sp³-hybridized carbons (Fsp3) is 0.600. The monoisotopic (exact) mass is 295 g/mol. The van der Waals surface area contributed by atoms with Crippen molar-refractivity contribution in [1.29, 1.82) is 0 Å². The van der Waals surface area contributed by atoms with E-state index in [1.54, 1.807) is 12.4 Å². The predicted molar refractivity (Wildman–Crippen MR) is 87.6 cm³/mol. The smallest absolute Gasteiger partial charge is 0.254 e. The Balaban J connectivity index is 2.38. The minimum Gasteiger partial charge on any atom is -0.384 e. The highest BCUT2D eigenvalue weighted by Crippen LogP contribution is 2.13. The van der Waals surface area contributed by atoms with Crippen molar-refractivity contribution in [2.75, 3.05) is 30.4 Å². The average molecular weight is 295 g/mol. The zero-order valence-electron chi connectivity index (χ0n) is 12.4. The predicted octanol–water partition coefficient (Wildman–Crippen LogP) is 3.17. The molecule has 0 atom stereocenters. The van der Waals surface area contributed by atoms with E-state index in [0.29, 0.717) is 5.56 Å². The number of rotatable bonds is 10. The summed E-state index contributed by atoms with van der Waals surface area (Å²) in [6.45, 7) is 3.69. The molecule has 0 bridgehead atoms. The van der Waals surface area contributed by atoms with Crippen LogP contribution in [0, 0.1) is 0 Å². The third kappa shape index (κ3) is 6.28. The lowest BCUT2D eigenvalue weighted by molar-refractivity contribution is 0.0953. The number of anilines is 1. The molecule has 0 fully saturated rings. The van der Waals surface area contributed by atoms with Crippen LogP contribution >= 0.6 is 11.8 Å². The molecule has 0 aliphatic heterocycles. The molecule has 0 aromatic carbocycles. The Hall–Kier alpha value is -1.23. The van der Waals surface area contributed by atoms with Gasteiger partial charge in [0, 0.05) is 25.5 Å². The zero-order chi connectivity index (χ0) is 14.6. The SMILES string of the molecule is CCCNc1ccncc1C(=O)NCCCCCSC. The minimum atomic E-state index is -0.0402. The molecule has 112 valence electrons. The van der Waals surface area contributed by atoms with Gasteiger partial charge < -0.3 is 10.6 Å². The zero-order valence-corrected chi connectivity index (χ0v) is 13.3. The number of carbonyl (C=O) groups excluding carboxylic acids is 1. The highest BCUT2D eigenvalue weighted by atomic mass is 32.2. The summed E-state index contributed by atoms with van der Waals surface area (Å²) in [5.74, 6) is 1.16. The number of amides is 1. The van der Waals surface area contributed by atoms with Gasteiger partial charge in [-0.25, -0.2) is 0 Å². The molecule has 1 heterocycles. The Kier molecular flexibility index (Phi) is 8.87. The summed E-state index contributed by atoms with van der Waals surface area (Å²) in [6.07, 6.45) is 9.89. The van der Waals surface area contributed by atoms with Crippen LogP contribution in [0.5, 0.6) is 0 Å². The van der Waals surface area contributed by atoms with Crippen molar-refractivity contribution in [2.45, 2.75) is 32.6 Å². The van der Waals surface area contributed by atoms with Gasteiger partial charge in [-0.1, -0.05) is 13.3 Å². The van der Waals surface area contributed by atoms with Crippen LogP contribution in [0.15, 0.2) is 18.5 Å². The van der Waals surface area contributed by atoms with Crippen LogP contribution in [0.25, 0.3) is 0 Å². The molecule has 4 nitrogen and oxygen atoms in total. The fourth-order valence-electron chi connectivity index (χ4n) is 1.83. The van der Waals surface area contributed by atoms with E-state index in [4.69, 9.17) is 0 Å². The van der Waals surface area contributed by atoms with Crippen LogP contribution in [0.2, 0.25) is 0 Å². The van der Waals surface area contributed by atoms with E-state index in [1.807, 2.05) is 17.8 Å². The standard InChI is InChI=1S/C15H25N3OS/c1-3-8-17-14-7-10-16-12-13(14)15(19)18-9-5-4-6-11-20-2/h7,10,12H,3-6,8-9,11H2,1-2H3,(H,16,17)(H,18,19). The van der Waals surface area contributed by atoms with Crippen LogP contribution in [-0.2, 0) is 0 Å². The van der Waals surface area contributed by atoms with Crippen LogP contribution in [-0.4, -0.2) is 36.0 Å². The quantitative estimate of drug-likeness (QED) is 0.651. The van der Waals surface area contributed by atoms with Crippen molar-refractivity contribution in [3.05, 3.63) is 24.0 Å². The number of nitrogens with one attached hydrogen (secondary N) is 2. The van der Waals surface area contributed by atoms with Gasteiger partial charge >= 0.3 is 0 Å². The number of unbranched alkanes of at least 4 members (excludes halogenated alkanes) is 2. The molecular formula is C15H25N3OS. The number of aromatic nitrogens is 1. The average Bonchev–Trinajstić information content (AvgIpc) is 2.48. The van der Waals surface area contributed by atoms with Crippen LogP contribution in [0.3, 0.4) is 0 Å². The van der Waals surface area contributed by atoms with E-state index in [9.17, 15) is 4.79 Å². The first-order valence-electron chi connectivity index (χ1n) is 7.24. The van der Waals surface area contributed by atoms with Gasteiger partial charge in [-0.05, 0) is 37.3 Å². The Labute approximate surface area is 126 Å². The van der Waals surface area contributed by atoms with Crippen molar-refractivity contribution in [3.8, 4) is 0 Å². The van der Waals surface area contributed by atoms with Gasteiger partial charge in [0.25, 0.3) is 5.91 Å². The normalized spacial score (nSPS) is 10.3. The highest BCUT2D eigenvalue weighted by Gasteiger charge is 2.10. The summed E-state index contributed by atoms with van der Waals surface area (Å²) in [5.41, 5.74) is 1.49. The number of nitrogens with zero attached hydrogens (tertiary/aromatic N) is 1. The van der Waals surface area contributed by atoms with Crippen LogP contribution < -0.4 is 10.6 Å². The first-order valence-corrected chi connectivity index (χ1v) is 8.64. The molecule has 1 rings (SSSR count). The Morgan fingerprint density at radius 3 is 2.90 bits per heavy atom. The second-order valence-corrected chi connectivity index (χ2v) is 5.64. The van der Waals surface area contributed by atoms with Crippen molar-refractivity contribution >= 4 is 23.4 Å². The van der Waals surface area contributed by atoms with Gasteiger partial charge in [-0.3, -0.25) is 9.78 Å². The number of hydrogen-bond acceptors (Lipinski definition) is 4. The highest BCUT2D eigenvalue weighted by molar-refractivity contribution is 7.98. The minimum absolute atomic E-state index is 0.0402. The van der Waals surface area contributed by atoms with E-state index in [0.717, 1.165) is 38.0 Å². The Bertz CT molecular complexity index is 398. The van der Waals surface area contributed by atoms with Gasteiger partial charge in [0.1, 0.15) is 0 Å². The Morgan fingerprint density at radius 2 is 2.15 bits per heavy atom. The lowest BCUT2D eigenvalue weighted by atomic mass is 10.2. The summed E-state index contributed by atoms with van der Waals surface area (Å²) in [7, 11) is 0. The molecule has 0 aliphatic rings. The van der Waals surface area contributed by atoms with Gasteiger partial charge in [0.15, 0.2) is 0 Å². The van der Waals surface area contributed by atoms with E-state index in [-0.39, 0.29) is 5.91 Å². The molecule has 0 aliphatic carbocycles. The first-order chi connectivity index (χ1) is 9.79.